The third-order valence-corrected chi connectivity index (χ3v) is 5.14. The second-order valence-corrected chi connectivity index (χ2v) is 8.30. The first-order valence-electron chi connectivity index (χ1n) is 9.58. The summed E-state index contributed by atoms with van der Waals surface area (Å²) in [7, 11) is 0. The molecule has 156 valence electrons. The van der Waals surface area contributed by atoms with Crippen LogP contribution in [0.5, 0.6) is 0 Å². The number of rotatable bonds is 7. The molecule has 8 nitrogen and oxygen atoms in total. The van der Waals surface area contributed by atoms with Gasteiger partial charge in [0.05, 0.1) is 12.0 Å². The molecule has 4 N–H and O–H groups in total. The van der Waals surface area contributed by atoms with Crippen LogP contribution in [0.2, 0.25) is 0 Å². The maximum absolute atomic E-state index is 12.2. The number of carboxylic acid groups (broad SMARTS) is 1. The first kappa shape index (κ1) is 23.2. The second kappa shape index (κ2) is 9.39. The number of aliphatic carboxylic acids is 1. The van der Waals surface area contributed by atoms with E-state index in [1.54, 1.807) is 20.8 Å². The van der Waals surface area contributed by atoms with E-state index in [4.69, 9.17) is 4.74 Å². The largest absolute Gasteiger partial charge is 0.481 e. The molecule has 8 heteroatoms. The lowest BCUT2D eigenvalue weighted by atomic mass is 9.80. The number of alkyl carbamates (subject to hydrolysis) is 1. The molecule has 0 radical (unpaired) electrons. The lowest BCUT2D eigenvalue weighted by molar-refractivity contribution is -0.145. The van der Waals surface area contributed by atoms with Gasteiger partial charge in [-0.3, -0.25) is 9.59 Å². The number of amides is 2. The van der Waals surface area contributed by atoms with Crippen LogP contribution in [-0.4, -0.2) is 52.0 Å². The van der Waals surface area contributed by atoms with E-state index in [9.17, 15) is 24.6 Å². The van der Waals surface area contributed by atoms with Crippen molar-refractivity contribution in [1.29, 1.82) is 0 Å². The van der Waals surface area contributed by atoms with E-state index < -0.39 is 47.7 Å². The normalized spacial score (nSPS) is 26.5. The van der Waals surface area contributed by atoms with Crippen LogP contribution in [-0.2, 0) is 14.3 Å². The molecule has 0 aromatic heterocycles. The van der Waals surface area contributed by atoms with E-state index in [-0.39, 0.29) is 18.2 Å². The Kier molecular flexibility index (Phi) is 8.07. The molecule has 2 amide bonds. The van der Waals surface area contributed by atoms with Gasteiger partial charge in [-0.2, -0.15) is 0 Å². The van der Waals surface area contributed by atoms with Gasteiger partial charge in [-0.25, -0.2) is 4.79 Å². The van der Waals surface area contributed by atoms with Gasteiger partial charge in [-0.1, -0.05) is 26.7 Å². The molecule has 1 saturated carbocycles. The summed E-state index contributed by atoms with van der Waals surface area (Å²) in [4.78, 5) is 35.6. The SMILES string of the molecule is CCC(CC)C(NC(C)=O)[C@@H]1[C@H](O)[C@@H](C(=O)O)C[C@H]1NC(=O)OC(C)(C)C. The number of carbonyl (C=O) groups is 3. The van der Waals surface area contributed by atoms with Gasteiger partial charge in [0.15, 0.2) is 0 Å². The summed E-state index contributed by atoms with van der Waals surface area (Å²) in [5.41, 5.74) is -0.699. The number of aliphatic hydroxyl groups excluding tert-OH is 1. The molecule has 0 aromatic rings. The van der Waals surface area contributed by atoms with Gasteiger partial charge in [0, 0.05) is 24.9 Å². The van der Waals surface area contributed by atoms with Gasteiger partial charge in [0.25, 0.3) is 0 Å². The molecule has 5 atom stereocenters. The van der Waals surface area contributed by atoms with Crippen LogP contribution < -0.4 is 10.6 Å². The minimum atomic E-state index is -1.18. The zero-order valence-corrected chi connectivity index (χ0v) is 17.1. The fraction of sp³-hybridized carbons (Fsp3) is 0.842. The van der Waals surface area contributed by atoms with Gasteiger partial charge in [0.1, 0.15) is 5.60 Å². The lowest BCUT2D eigenvalue weighted by Gasteiger charge is -2.36. The molecule has 0 aliphatic heterocycles. The highest BCUT2D eigenvalue weighted by Crippen LogP contribution is 2.38. The van der Waals surface area contributed by atoms with Crippen LogP contribution >= 0.6 is 0 Å². The molecule has 0 saturated heterocycles. The first-order valence-corrected chi connectivity index (χ1v) is 9.58. The molecular weight excluding hydrogens is 352 g/mol. The lowest BCUT2D eigenvalue weighted by Crippen LogP contribution is -2.54. The fourth-order valence-electron chi connectivity index (χ4n) is 3.96. The van der Waals surface area contributed by atoms with E-state index in [1.807, 2.05) is 13.8 Å². The average molecular weight is 386 g/mol. The molecule has 27 heavy (non-hydrogen) atoms. The van der Waals surface area contributed by atoms with Crippen molar-refractivity contribution in [2.24, 2.45) is 17.8 Å². The molecule has 1 aliphatic rings. The number of aliphatic hydroxyl groups is 1. The standard InChI is InChI=1S/C19H34N2O6/c1-7-11(8-2)15(20-10(3)22)14-13(9-12(16(14)23)17(24)25)21-18(26)27-19(4,5)6/h11-16,23H,7-9H2,1-6H3,(H,20,22)(H,21,26)(H,24,25)/t12-,13+,14+,15?,16+/m0/s1. The quantitative estimate of drug-likeness (QED) is 0.530. The van der Waals surface area contributed by atoms with Crippen LogP contribution in [0, 0.1) is 17.8 Å². The molecule has 0 heterocycles. The summed E-state index contributed by atoms with van der Waals surface area (Å²) in [6.45, 7) is 10.6. The fourth-order valence-corrected chi connectivity index (χ4v) is 3.96. The number of ether oxygens (including phenoxy) is 1. The summed E-state index contributed by atoms with van der Waals surface area (Å²) in [5.74, 6) is -2.96. The summed E-state index contributed by atoms with van der Waals surface area (Å²) < 4.78 is 5.29. The Hall–Kier alpha value is -1.83. The van der Waals surface area contributed by atoms with Crippen LogP contribution in [0.25, 0.3) is 0 Å². The Morgan fingerprint density at radius 2 is 1.74 bits per heavy atom. The summed E-state index contributed by atoms with van der Waals surface area (Å²) in [6, 6.07) is -1.06. The third-order valence-electron chi connectivity index (χ3n) is 5.14. The Morgan fingerprint density at radius 3 is 2.15 bits per heavy atom. The average Bonchev–Trinajstić information content (AvgIpc) is 2.81. The smallest absolute Gasteiger partial charge is 0.407 e. The molecule has 1 unspecified atom stereocenters. The van der Waals surface area contributed by atoms with Crippen molar-refractivity contribution < 1.29 is 29.3 Å². The van der Waals surface area contributed by atoms with Crippen molar-refractivity contribution in [3.8, 4) is 0 Å². The highest BCUT2D eigenvalue weighted by atomic mass is 16.6. The number of hydrogen-bond acceptors (Lipinski definition) is 5. The van der Waals surface area contributed by atoms with Gasteiger partial charge in [-0.05, 0) is 33.1 Å². The van der Waals surface area contributed by atoms with E-state index in [1.165, 1.54) is 6.92 Å². The Labute approximate surface area is 161 Å². The Morgan fingerprint density at radius 1 is 1.19 bits per heavy atom. The maximum atomic E-state index is 12.2. The van der Waals surface area contributed by atoms with Crippen LogP contribution in [0.1, 0.15) is 60.8 Å². The van der Waals surface area contributed by atoms with Crippen molar-refractivity contribution in [2.75, 3.05) is 0 Å². The zero-order chi connectivity index (χ0) is 20.9. The van der Waals surface area contributed by atoms with Gasteiger partial charge in [-0.15, -0.1) is 0 Å². The van der Waals surface area contributed by atoms with E-state index in [2.05, 4.69) is 10.6 Å². The third kappa shape index (κ3) is 6.37. The number of hydrogen-bond donors (Lipinski definition) is 4. The van der Waals surface area contributed by atoms with Gasteiger partial charge < -0.3 is 25.6 Å². The molecule has 1 rings (SSSR count). The monoisotopic (exact) mass is 386 g/mol. The number of carboxylic acids is 1. The topological polar surface area (TPSA) is 125 Å². The predicted molar refractivity (Wildman–Crippen MR) is 100 cm³/mol. The van der Waals surface area contributed by atoms with Crippen LogP contribution in [0.15, 0.2) is 0 Å². The van der Waals surface area contributed by atoms with E-state index >= 15 is 0 Å². The Bertz CT molecular complexity index is 541. The number of carbonyl (C=O) groups excluding carboxylic acids is 2. The van der Waals surface area contributed by atoms with Crippen molar-refractivity contribution in [3.05, 3.63) is 0 Å². The highest BCUT2D eigenvalue weighted by molar-refractivity contribution is 5.74. The summed E-state index contributed by atoms with van der Waals surface area (Å²) >= 11 is 0. The van der Waals surface area contributed by atoms with Crippen LogP contribution in [0.3, 0.4) is 0 Å². The van der Waals surface area contributed by atoms with Crippen molar-refractivity contribution in [2.45, 2.75) is 84.6 Å². The number of nitrogens with one attached hydrogen (secondary N) is 2. The van der Waals surface area contributed by atoms with Gasteiger partial charge in [0.2, 0.25) is 5.91 Å². The van der Waals surface area contributed by atoms with Gasteiger partial charge >= 0.3 is 12.1 Å². The van der Waals surface area contributed by atoms with E-state index in [0.717, 1.165) is 12.8 Å². The predicted octanol–water partition coefficient (Wildman–Crippen LogP) is 1.90. The summed E-state index contributed by atoms with van der Waals surface area (Å²) in [6.07, 6.45) is -0.263. The second-order valence-electron chi connectivity index (χ2n) is 8.30. The molecular formula is C19H34N2O6. The molecule has 0 bridgehead atoms. The molecule has 0 aromatic carbocycles. The van der Waals surface area contributed by atoms with Crippen LogP contribution in [0.4, 0.5) is 4.79 Å². The molecule has 1 aliphatic carbocycles. The van der Waals surface area contributed by atoms with Crippen molar-refractivity contribution in [1.82, 2.24) is 10.6 Å². The van der Waals surface area contributed by atoms with Crippen molar-refractivity contribution >= 4 is 18.0 Å². The van der Waals surface area contributed by atoms with E-state index in [0.29, 0.717) is 0 Å². The minimum Gasteiger partial charge on any atom is -0.481 e. The minimum absolute atomic E-state index is 0.0454. The highest BCUT2D eigenvalue weighted by Gasteiger charge is 2.51. The summed E-state index contributed by atoms with van der Waals surface area (Å²) in [5, 5.41) is 25.8. The van der Waals surface area contributed by atoms with Crippen molar-refractivity contribution in [3.63, 3.8) is 0 Å². The first-order chi connectivity index (χ1) is 12.4. The zero-order valence-electron chi connectivity index (χ0n) is 17.1. The molecule has 1 fully saturated rings. The molecule has 0 spiro atoms. The maximum Gasteiger partial charge on any atom is 0.407 e. The Balaban J connectivity index is 3.17.